The lowest BCUT2D eigenvalue weighted by atomic mass is 10.1. The number of hydrogen-bond donors (Lipinski definition) is 2. The van der Waals surface area contributed by atoms with Crippen LogP contribution >= 0.6 is 22.9 Å². The van der Waals surface area contributed by atoms with Crippen molar-refractivity contribution in [1.82, 2.24) is 5.32 Å². The second kappa shape index (κ2) is 5.82. The molecule has 2 heterocycles. The Hall–Kier alpha value is -1.23. The third-order valence-electron chi connectivity index (χ3n) is 3.00. The van der Waals surface area contributed by atoms with Crippen molar-refractivity contribution in [2.75, 3.05) is 18.5 Å². The van der Waals surface area contributed by atoms with E-state index in [9.17, 15) is 0 Å². The molecule has 3 rings (SSSR count). The van der Waals surface area contributed by atoms with Gasteiger partial charge in [0.1, 0.15) is 12.4 Å². The summed E-state index contributed by atoms with van der Waals surface area (Å²) in [6.07, 6.45) is 0. The van der Waals surface area contributed by atoms with Gasteiger partial charge in [-0.15, -0.1) is 11.3 Å². The second-order valence-corrected chi connectivity index (χ2v) is 6.18. The van der Waals surface area contributed by atoms with Gasteiger partial charge < -0.3 is 15.4 Å². The summed E-state index contributed by atoms with van der Waals surface area (Å²) in [4.78, 5) is 1.24. The topological polar surface area (TPSA) is 33.3 Å². The summed E-state index contributed by atoms with van der Waals surface area (Å²) in [7, 11) is 0. The summed E-state index contributed by atoms with van der Waals surface area (Å²) < 4.78 is 6.58. The number of benzene rings is 1. The van der Waals surface area contributed by atoms with Gasteiger partial charge in [0.2, 0.25) is 0 Å². The lowest BCUT2D eigenvalue weighted by Gasteiger charge is -2.21. The number of anilines is 1. The normalized spacial score (nSPS) is 13.5. The van der Waals surface area contributed by atoms with Gasteiger partial charge >= 0.3 is 0 Å². The maximum Gasteiger partial charge on any atom is 0.146 e. The lowest BCUT2D eigenvalue weighted by molar-refractivity contribution is 0.319. The summed E-state index contributed by atoms with van der Waals surface area (Å²) in [5, 5.41) is 6.77. The first-order chi connectivity index (χ1) is 9.33. The molecular formula is C14H15ClN2OS. The molecule has 100 valence electrons. The van der Waals surface area contributed by atoms with E-state index in [0.29, 0.717) is 0 Å². The summed E-state index contributed by atoms with van der Waals surface area (Å²) >= 11 is 7.52. The number of halogens is 1. The number of ether oxygens (including phenoxy) is 1. The molecule has 2 N–H and O–H groups in total. The Bertz CT molecular complexity index is 570. The van der Waals surface area contributed by atoms with Crippen LogP contribution in [0.4, 0.5) is 5.69 Å². The number of fused-ring (bicyclic) bond motifs is 1. The minimum absolute atomic E-state index is 0.727. The molecule has 0 radical (unpaired) electrons. The predicted octanol–water partition coefficient (Wildman–Crippen LogP) is 3.50. The standard InChI is InChI=1S/C14H15ClN2OS/c15-13-5-4-11(19-13)9-16-8-10-2-1-3-12-14(10)18-7-6-17-12/h1-5,16-17H,6-9H2. The van der Waals surface area contributed by atoms with E-state index in [1.54, 1.807) is 11.3 Å². The van der Waals surface area contributed by atoms with Gasteiger partial charge in [0.05, 0.1) is 10.0 Å². The van der Waals surface area contributed by atoms with Crippen molar-refractivity contribution in [3.05, 3.63) is 45.1 Å². The molecule has 1 aromatic heterocycles. The van der Waals surface area contributed by atoms with Crippen LogP contribution < -0.4 is 15.4 Å². The van der Waals surface area contributed by atoms with Crippen LogP contribution in [-0.4, -0.2) is 13.2 Å². The highest BCUT2D eigenvalue weighted by Gasteiger charge is 2.13. The van der Waals surface area contributed by atoms with Crippen molar-refractivity contribution in [2.45, 2.75) is 13.1 Å². The van der Waals surface area contributed by atoms with Gasteiger partial charge in [-0.05, 0) is 18.2 Å². The lowest BCUT2D eigenvalue weighted by Crippen LogP contribution is -2.20. The maximum absolute atomic E-state index is 5.91. The molecule has 0 saturated heterocycles. The summed E-state index contributed by atoms with van der Waals surface area (Å²) in [6, 6.07) is 10.2. The van der Waals surface area contributed by atoms with Crippen LogP contribution in [0, 0.1) is 0 Å². The molecule has 5 heteroatoms. The zero-order valence-corrected chi connectivity index (χ0v) is 12.0. The minimum atomic E-state index is 0.727. The van der Waals surface area contributed by atoms with Gasteiger partial charge in [-0.2, -0.15) is 0 Å². The van der Waals surface area contributed by atoms with E-state index in [1.807, 2.05) is 6.07 Å². The van der Waals surface area contributed by atoms with Crippen LogP contribution in [0.2, 0.25) is 4.34 Å². The van der Waals surface area contributed by atoms with Gasteiger partial charge in [-0.3, -0.25) is 0 Å². The maximum atomic E-state index is 5.91. The highest BCUT2D eigenvalue weighted by molar-refractivity contribution is 7.16. The SMILES string of the molecule is Clc1ccc(CNCc2cccc3c2OCCN3)s1. The first-order valence-electron chi connectivity index (χ1n) is 6.26. The van der Waals surface area contributed by atoms with Gasteiger partial charge in [-0.25, -0.2) is 0 Å². The smallest absolute Gasteiger partial charge is 0.146 e. The first-order valence-corrected chi connectivity index (χ1v) is 7.46. The van der Waals surface area contributed by atoms with Crippen LogP contribution in [0.25, 0.3) is 0 Å². The van der Waals surface area contributed by atoms with E-state index >= 15 is 0 Å². The van der Waals surface area contributed by atoms with E-state index in [2.05, 4.69) is 34.9 Å². The number of para-hydroxylation sites is 1. The van der Waals surface area contributed by atoms with Gasteiger partial charge in [0, 0.05) is 30.1 Å². The Kier molecular flexibility index (Phi) is 3.92. The van der Waals surface area contributed by atoms with Crippen LogP contribution in [0.5, 0.6) is 5.75 Å². The quantitative estimate of drug-likeness (QED) is 0.905. The number of rotatable bonds is 4. The minimum Gasteiger partial charge on any atom is -0.489 e. The highest BCUT2D eigenvalue weighted by Crippen LogP contribution is 2.31. The molecule has 0 atom stereocenters. The van der Waals surface area contributed by atoms with Crippen LogP contribution in [0.3, 0.4) is 0 Å². The monoisotopic (exact) mass is 294 g/mol. The number of nitrogens with one attached hydrogen (secondary N) is 2. The molecule has 0 fully saturated rings. The van der Waals surface area contributed by atoms with Crippen LogP contribution in [-0.2, 0) is 13.1 Å². The molecule has 0 unspecified atom stereocenters. The van der Waals surface area contributed by atoms with Crippen molar-refractivity contribution >= 4 is 28.6 Å². The zero-order valence-electron chi connectivity index (χ0n) is 10.4. The van der Waals surface area contributed by atoms with Crippen LogP contribution in [0.15, 0.2) is 30.3 Å². The van der Waals surface area contributed by atoms with E-state index in [0.717, 1.165) is 42.0 Å². The fraction of sp³-hybridized carbons (Fsp3) is 0.286. The molecule has 19 heavy (non-hydrogen) atoms. The van der Waals surface area contributed by atoms with Crippen molar-refractivity contribution in [2.24, 2.45) is 0 Å². The average Bonchev–Trinajstić information content (AvgIpc) is 2.85. The molecule has 0 bridgehead atoms. The second-order valence-electron chi connectivity index (χ2n) is 4.38. The summed E-state index contributed by atoms with van der Waals surface area (Å²) in [5.74, 6) is 0.977. The Labute approximate surface area is 121 Å². The van der Waals surface area contributed by atoms with Crippen molar-refractivity contribution in [3.63, 3.8) is 0 Å². The van der Waals surface area contributed by atoms with Gasteiger partial charge in [0.15, 0.2) is 0 Å². The molecule has 2 aromatic rings. The first kappa shape index (κ1) is 12.8. The third kappa shape index (κ3) is 3.03. The number of hydrogen-bond acceptors (Lipinski definition) is 4. The summed E-state index contributed by atoms with van der Waals surface area (Å²) in [6.45, 7) is 3.22. The van der Waals surface area contributed by atoms with E-state index in [1.165, 1.54) is 10.4 Å². The highest BCUT2D eigenvalue weighted by atomic mass is 35.5. The van der Waals surface area contributed by atoms with Crippen molar-refractivity contribution in [1.29, 1.82) is 0 Å². The fourth-order valence-electron chi connectivity index (χ4n) is 2.14. The fourth-order valence-corrected chi connectivity index (χ4v) is 3.20. The molecular weight excluding hydrogens is 280 g/mol. The third-order valence-corrected chi connectivity index (χ3v) is 4.24. The van der Waals surface area contributed by atoms with E-state index < -0.39 is 0 Å². The average molecular weight is 295 g/mol. The molecule has 0 spiro atoms. The van der Waals surface area contributed by atoms with Crippen molar-refractivity contribution < 1.29 is 4.74 Å². The Morgan fingerprint density at radius 2 is 2.21 bits per heavy atom. The number of thiophene rings is 1. The van der Waals surface area contributed by atoms with Gasteiger partial charge in [0.25, 0.3) is 0 Å². The van der Waals surface area contributed by atoms with E-state index in [-0.39, 0.29) is 0 Å². The molecule has 0 aliphatic carbocycles. The van der Waals surface area contributed by atoms with Crippen molar-refractivity contribution in [3.8, 4) is 5.75 Å². The molecule has 1 aromatic carbocycles. The molecule has 1 aliphatic rings. The largest absolute Gasteiger partial charge is 0.489 e. The van der Waals surface area contributed by atoms with Crippen LogP contribution in [0.1, 0.15) is 10.4 Å². The molecule has 0 saturated carbocycles. The summed E-state index contributed by atoms with van der Waals surface area (Å²) in [5.41, 5.74) is 2.28. The van der Waals surface area contributed by atoms with Gasteiger partial charge in [-0.1, -0.05) is 23.7 Å². The Balaban J connectivity index is 1.64. The molecule has 1 aliphatic heterocycles. The molecule has 3 nitrogen and oxygen atoms in total. The Morgan fingerprint density at radius 1 is 1.26 bits per heavy atom. The molecule has 0 amide bonds. The van der Waals surface area contributed by atoms with E-state index in [4.69, 9.17) is 16.3 Å². The Morgan fingerprint density at radius 3 is 3.05 bits per heavy atom. The zero-order chi connectivity index (χ0) is 13.1. The predicted molar refractivity (Wildman–Crippen MR) is 80.3 cm³/mol.